The Bertz CT molecular complexity index is 769. The van der Waals surface area contributed by atoms with Crippen LogP contribution < -0.4 is 10.1 Å². The molecule has 0 radical (unpaired) electrons. The lowest BCUT2D eigenvalue weighted by Crippen LogP contribution is -2.37. The van der Waals surface area contributed by atoms with Gasteiger partial charge in [0.25, 0.3) is 5.91 Å². The number of carbonyl (C=O) groups excluding carboxylic acids is 2. The van der Waals surface area contributed by atoms with Crippen LogP contribution in [-0.4, -0.2) is 36.9 Å². The molecule has 0 saturated carbocycles. The first-order valence-corrected chi connectivity index (χ1v) is 8.64. The van der Waals surface area contributed by atoms with Gasteiger partial charge >= 0.3 is 0 Å². The molecule has 26 heavy (non-hydrogen) atoms. The lowest BCUT2D eigenvalue weighted by atomic mass is 10.1. The number of hydrogen-bond acceptors (Lipinski definition) is 3. The molecule has 5 nitrogen and oxygen atoms in total. The van der Waals surface area contributed by atoms with Crippen molar-refractivity contribution in [1.82, 2.24) is 10.2 Å². The zero-order valence-electron chi connectivity index (χ0n) is 15.8. The van der Waals surface area contributed by atoms with Gasteiger partial charge in [0.15, 0.2) is 0 Å². The van der Waals surface area contributed by atoms with E-state index in [0.29, 0.717) is 25.2 Å². The van der Waals surface area contributed by atoms with Gasteiger partial charge in [-0.2, -0.15) is 0 Å². The molecule has 0 aliphatic heterocycles. The van der Waals surface area contributed by atoms with Crippen molar-refractivity contribution in [2.24, 2.45) is 0 Å². The highest BCUT2D eigenvalue weighted by Gasteiger charge is 2.11. The van der Waals surface area contributed by atoms with E-state index in [0.717, 1.165) is 22.4 Å². The second kappa shape index (κ2) is 9.04. The highest BCUT2D eigenvalue weighted by Crippen LogP contribution is 2.13. The van der Waals surface area contributed by atoms with Crippen LogP contribution in [0.3, 0.4) is 0 Å². The second-order valence-electron chi connectivity index (χ2n) is 6.34. The van der Waals surface area contributed by atoms with Crippen molar-refractivity contribution in [2.75, 3.05) is 20.2 Å². The zero-order chi connectivity index (χ0) is 19.1. The zero-order valence-corrected chi connectivity index (χ0v) is 15.8. The van der Waals surface area contributed by atoms with E-state index in [-0.39, 0.29) is 11.8 Å². The minimum absolute atomic E-state index is 0.0266. The first-order chi connectivity index (χ1) is 12.4. The molecule has 0 spiro atoms. The average molecular weight is 354 g/mol. The van der Waals surface area contributed by atoms with E-state index in [4.69, 9.17) is 4.74 Å². The van der Waals surface area contributed by atoms with E-state index in [2.05, 4.69) is 5.32 Å². The maximum absolute atomic E-state index is 12.3. The molecule has 1 N–H and O–H groups in total. The maximum Gasteiger partial charge on any atom is 0.251 e. The van der Waals surface area contributed by atoms with Gasteiger partial charge in [0, 0.05) is 32.1 Å². The number of nitrogens with zero attached hydrogens (tertiary/aromatic N) is 1. The molecule has 0 aromatic heterocycles. The highest BCUT2D eigenvalue weighted by molar-refractivity contribution is 5.94. The van der Waals surface area contributed by atoms with E-state index < -0.39 is 0 Å². The van der Waals surface area contributed by atoms with Gasteiger partial charge in [0.2, 0.25) is 5.91 Å². The van der Waals surface area contributed by atoms with Gasteiger partial charge in [-0.15, -0.1) is 0 Å². The van der Waals surface area contributed by atoms with Gasteiger partial charge in [-0.3, -0.25) is 9.59 Å². The van der Waals surface area contributed by atoms with Crippen LogP contribution in [0.4, 0.5) is 0 Å². The average Bonchev–Trinajstić information content (AvgIpc) is 2.63. The van der Waals surface area contributed by atoms with Crippen LogP contribution in [-0.2, 0) is 11.3 Å². The molecule has 0 saturated heterocycles. The fraction of sp³-hybridized carbons (Fsp3) is 0.333. The molecule has 0 unspecified atom stereocenters. The monoisotopic (exact) mass is 354 g/mol. The van der Waals surface area contributed by atoms with Crippen LogP contribution in [0.2, 0.25) is 0 Å². The Hall–Kier alpha value is -2.82. The van der Waals surface area contributed by atoms with Crippen molar-refractivity contribution in [1.29, 1.82) is 0 Å². The largest absolute Gasteiger partial charge is 0.497 e. The quantitative estimate of drug-likeness (QED) is 0.831. The Kier molecular flexibility index (Phi) is 6.78. The molecule has 138 valence electrons. The molecule has 2 aromatic carbocycles. The minimum atomic E-state index is -0.124. The van der Waals surface area contributed by atoms with Crippen molar-refractivity contribution in [3.05, 3.63) is 64.7 Å². The molecule has 2 rings (SSSR count). The van der Waals surface area contributed by atoms with Gasteiger partial charge in [-0.05, 0) is 54.8 Å². The topological polar surface area (TPSA) is 58.6 Å². The van der Waals surface area contributed by atoms with Gasteiger partial charge in [0.1, 0.15) is 5.75 Å². The lowest BCUT2D eigenvalue weighted by Gasteiger charge is -2.21. The van der Waals surface area contributed by atoms with Gasteiger partial charge in [0.05, 0.1) is 7.11 Å². The standard InChI is InChI=1S/C21H26N2O3/c1-15-5-8-19(13-16(15)2)21(25)22-11-12-23(17(3)24)14-18-6-9-20(26-4)10-7-18/h5-10,13H,11-12,14H2,1-4H3,(H,22,25). The Morgan fingerprint density at radius 3 is 2.31 bits per heavy atom. The summed E-state index contributed by atoms with van der Waals surface area (Å²) in [5, 5.41) is 2.88. The van der Waals surface area contributed by atoms with Crippen LogP contribution in [0.5, 0.6) is 5.75 Å². The smallest absolute Gasteiger partial charge is 0.251 e. The predicted octanol–water partition coefficient (Wildman–Crippen LogP) is 3.09. The maximum atomic E-state index is 12.3. The van der Waals surface area contributed by atoms with Crippen LogP contribution >= 0.6 is 0 Å². The Morgan fingerprint density at radius 1 is 1.04 bits per heavy atom. The molecule has 2 amide bonds. The fourth-order valence-electron chi connectivity index (χ4n) is 2.59. The number of ether oxygens (including phenoxy) is 1. The summed E-state index contributed by atoms with van der Waals surface area (Å²) in [4.78, 5) is 25.9. The first kappa shape index (κ1) is 19.5. The molecule has 0 fully saturated rings. The fourth-order valence-corrected chi connectivity index (χ4v) is 2.59. The van der Waals surface area contributed by atoms with Crippen molar-refractivity contribution in [3.63, 3.8) is 0 Å². The van der Waals surface area contributed by atoms with E-state index in [1.807, 2.05) is 56.3 Å². The number of aryl methyl sites for hydroxylation is 2. The third-order valence-electron chi connectivity index (χ3n) is 4.41. The molecule has 0 aliphatic rings. The van der Waals surface area contributed by atoms with Gasteiger partial charge in [-0.25, -0.2) is 0 Å². The molecular formula is C21H26N2O3. The number of benzene rings is 2. The summed E-state index contributed by atoms with van der Waals surface area (Å²) < 4.78 is 5.14. The van der Waals surface area contributed by atoms with Crippen molar-refractivity contribution < 1.29 is 14.3 Å². The van der Waals surface area contributed by atoms with Crippen LogP contribution in [0.15, 0.2) is 42.5 Å². The normalized spacial score (nSPS) is 10.3. The highest BCUT2D eigenvalue weighted by atomic mass is 16.5. The summed E-state index contributed by atoms with van der Waals surface area (Å²) in [6, 6.07) is 13.2. The number of nitrogens with one attached hydrogen (secondary N) is 1. The third-order valence-corrected chi connectivity index (χ3v) is 4.41. The number of rotatable bonds is 7. The summed E-state index contributed by atoms with van der Waals surface area (Å²) in [5.41, 5.74) is 3.89. The number of methoxy groups -OCH3 is 1. The van der Waals surface area contributed by atoms with Crippen molar-refractivity contribution >= 4 is 11.8 Å². The Labute approximate surface area is 155 Å². The van der Waals surface area contributed by atoms with Crippen molar-refractivity contribution in [2.45, 2.75) is 27.3 Å². The van der Waals surface area contributed by atoms with E-state index in [9.17, 15) is 9.59 Å². The Balaban J connectivity index is 1.90. The summed E-state index contributed by atoms with van der Waals surface area (Å²) >= 11 is 0. The molecule has 0 aliphatic carbocycles. The number of hydrogen-bond donors (Lipinski definition) is 1. The minimum Gasteiger partial charge on any atom is -0.497 e. The summed E-state index contributed by atoms with van der Waals surface area (Å²) in [6.07, 6.45) is 0. The van der Waals surface area contributed by atoms with Crippen molar-refractivity contribution in [3.8, 4) is 5.75 Å². The number of carbonyl (C=O) groups is 2. The van der Waals surface area contributed by atoms with Gasteiger partial charge in [-0.1, -0.05) is 18.2 Å². The summed E-state index contributed by atoms with van der Waals surface area (Å²) in [6.45, 7) is 6.90. The van der Waals surface area contributed by atoms with E-state index in [1.165, 1.54) is 6.92 Å². The van der Waals surface area contributed by atoms with Gasteiger partial charge < -0.3 is 15.0 Å². The van der Waals surface area contributed by atoms with Crippen LogP contribution in [0.25, 0.3) is 0 Å². The van der Waals surface area contributed by atoms with E-state index >= 15 is 0 Å². The first-order valence-electron chi connectivity index (χ1n) is 8.64. The van der Waals surface area contributed by atoms with E-state index in [1.54, 1.807) is 12.0 Å². The summed E-state index contributed by atoms with van der Waals surface area (Å²) in [7, 11) is 1.62. The third kappa shape index (κ3) is 5.34. The predicted molar refractivity (Wildman–Crippen MR) is 102 cm³/mol. The van der Waals surface area contributed by atoms with Crippen LogP contribution in [0.1, 0.15) is 34.0 Å². The second-order valence-corrected chi connectivity index (χ2v) is 6.34. The molecule has 5 heteroatoms. The lowest BCUT2D eigenvalue weighted by molar-refractivity contribution is -0.129. The Morgan fingerprint density at radius 2 is 1.73 bits per heavy atom. The molecule has 0 atom stereocenters. The molecule has 2 aromatic rings. The number of amides is 2. The molecule has 0 bridgehead atoms. The molecular weight excluding hydrogens is 328 g/mol. The molecule has 0 heterocycles. The SMILES string of the molecule is COc1ccc(CN(CCNC(=O)c2ccc(C)c(C)c2)C(C)=O)cc1. The summed E-state index contributed by atoms with van der Waals surface area (Å²) in [5.74, 6) is 0.631. The van der Waals surface area contributed by atoms with Crippen LogP contribution in [0, 0.1) is 13.8 Å².